The molecule has 5 heteroatoms. The molecule has 0 aliphatic heterocycles. The van der Waals surface area contributed by atoms with Gasteiger partial charge in [0.15, 0.2) is 0 Å². The lowest BCUT2D eigenvalue weighted by molar-refractivity contribution is -0.168. The van der Waals surface area contributed by atoms with E-state index in [1.807, 2.05) is 32.9 Å². The summed E-state index contributed by atoms with van der Waals surface area (Å²) in [5.41, 5.74) is 7.38. The molecular weight excluding hydrogens is 324 g/mol. The van der Waals surface area contributed by atoms with Gasteiger partial charge in [-0.3, -0.25) is 4.79 Å². The number of anilines is 1. The highest BCUT2D eigenvalue weighted by Gasteiger charge is 2.63. The van der Waals surface area contributed by atoms with E-state index in [0.29, 0.717) is 18.9 Å². The monoisotopic (exact) mass is 354 g/mol. The smallest absolute Gasteiger partial charge is 0.247 e. The molecule has 2 atom stereocenters. The summed E-state index contributed by atoms with van der Waals surface area (Å²) in [6.45, 7) is 11.0. The molecule has 1 fully saturated rings. The van der Waals surface area contributed by atoms with Crippen LogP contribution in [0.4, 0.5) is 5.69 Å². The summed E-state index contributed by atoms with van der Waals surface area (Å²) >= 11 is 0. The third kappa shape index (κ3) is 3.32. The Labute approximate surface area is 152 Å². The summed E-state index contributed by atoms with van der Waals surface area (Å²) in [4.78, 5) is 14.7. The number of ether oxygens (including phenoxy) is 1. The number of likely N-dealkylation sites (N-methyl/N-ethyl adjacent to an activating group) is 1. The Balaban J connectivity index is 0.00000288. The second kappa shape index (κ2) is 7.42. The van der Waals surface area contributed by atoms with Crippen LogP contribution in [0.1, 0.15) is 52.5 Å². The van der Waals surface area contributed by atoms with Crippen molar-refractivity contribution in [3.63, 3.8) is 0 Å². The zero-order chi connectivity index (χ0) is 17.4. The van der Waals surface area contributed by atoms with Gasteiger partial charge in [0.05, 0.1) is 6.10 Å². The summed E-state index contributed by atoms with van der Waals surface area (Å²) < 4.78 is 5.72. The van der Waals surface area contributed by atoms with E-state index in [9.17, 15) is 4.79 Å². The van der Waals surface area contributed by atoms with Crippen molar-refractivity contribution in [1.82, 2.24) is 0 Å². The molecule has 2 unspecified atom stereocenters. The van der Waals surface area contributed by atoms with Crippen molar-refractivity contribution >= 4 is 24.0 Å². The first-order chi connectivity index (χ1) is 10.6. The summed E-state index contributed by atoms with van der Waals surface area (Å²) in [5, 5.41) is 0. The molecule has 0 radical (unpaired) electrons. The number of nitrogens with zero attached hydrogens (tertiary/aromatic N) is 1. The minimum Gasteiger partial charge on any atom is -0.378 e. The number of hydrogen-bond acceptors (Lipinski definition) is 3. The van der Waals surface area contributed by atoms with Gasteiger partial charge in [-0.1, -0.05) is 39.8 Å². The van der Waals surface area contributed by atoms with Gasteiger partial charge in [-0.15, -0.1) is 12.4 Å². The highest BCUT2D eigenvalue weighted by molar-refractivity contribution is 6.01. The normalized spacial score (nSPS) is 24.9. The van der Waals surface area contributed by atoms with Crippen LogP contribution in [0.15, 0.2) is 24.3 Å². The van der Waals surface area contributed by atoms with Gasteiger partial charge in [-0.05, 0) is 30.5 Å². The van der Waals surface area contributed by atoms with Crippen LogP contribution in [-0.2, 0) is 9.53 Å². The molecule has 1 aliphatic carbocycles. The van der Waals surface area contributed by atoms with Crippen LogP contribution in [0.25, 0.3) is 0 Å². The van der Waals surface area contributed by atoms with Gasteiger partial charge in [0.2, 0.25) is 5.91 Å². The molecule has 4 nitrogen and oxygen atoms in total. The van der Waals surface area contributed by atoms with Crippen molar-refractivity contribution in [3.05, 3.63) is 29.8 Å². The summed E-state index contributed by atoms with van der Waals surface area (Å²) in [6, 6.07) is 8.12. The molecule has 2 N–H and O–H groups in total. The molecule has 0 saturated heterocycles. The average molecular weight is 355 g/mol. The van der Waals surface area contributed by atoms with E-state index < -0.39 is 5.54 Å². The maximum atomic E-state index is 13.0. The highest BCUT2D eigenvalue weighted by Crippen LogP contribution is 2.50. The Morgan fingerprint density at radius 3 is 2.29 bits per heavy atom. The molecule has 1 aromatic rings. The number of nitrogens with two attached hydrogens (primary N) is 1. The van der Waals surface area contributed by atoms with Gasteiger partial charge in [0, 0.05) is 31.2 Å². The van der Waals surface area contributed by atoms with Crippen molar-refractivity contribution in [2.75, 3.05) is 18.6 Å². The first-order valence-corrected chi connectivity index (χ1v) is 8.43. The maximum Gasteiger partial charge on any atom is 0.247 e. The second-order valence-electron chi connectivity index (χ2n) is 7.45. The maximum absolute atomic E-state index is 13.0. The molecule has 24 heavy (non-hydrogen) atoms. The molecular formula is C19H31ClN2O2. The van der Waals surface area contributed by atoms with E-state index in [4.69, 9.17) is 10.5 Å². The third-order valence-corrected chi connectivity index (χ3v) is 5.46. The lowest BCUT2D eigenvalue weighted by Crippen LogP contribution is -2.75. The van der Waals surface area contributed by atoms with Crippen LogP contribution in [0.2, 0.25) is 0 Å². The number of hydrogen-bond donors (Lipinski definition) is 1. The standard InChI is InChI=1S/C19H30N2O2.ClH/c1-7-23-16-12-19(20,18(16,4)5)17(22)21(6)15-10-8-14(9-11-15)13(2)3;/h8-11,13,16H,7,12,20H2,1-6H3;1H. The number of carbonyl (C=O) groups is 1. The minimum atomic E-state index is -0.877. The molecule has 0 aromatic heterocycles. The molecule has 0 heterocycles. The van der Waals surface area contributed by atoms with E-state index in [-0.39, 0.29) is 29.8 Å². The van der Waals surface area contributed by atoms with Crippen LogP contribution >= 0.6 is 12.4 Å². The number of halogens is 1. The van der Waals surface area contributed by atoms with Crippen molar-refractivity contribution in [2.45, 2.75) is 58.6 Å². The van der Waals surface area contributed by atoms with Gasteiger partial charge in [0.25, 0.3) is 0 Å². The number of amides is 1. The van der Waals surface area contributed by atoms with Crippen molar-refractivity contribution in [2.24, 2.45) is 11.1 Å². The largest absolute Gasteiger partial charge is 0.378 e. The van der Waals surface area contributed by atoms with Crippen LogP contribution < -0.4 is 10.6 Å². The van der Waals surface area contributed by atoms with Gasteiger partial charge in [0.1, 0.15) is 5.54 Å². The minimum absolute atomic E-state index is 0. The average Bonchev–Trinajstić information content (AvgIpc) is 2.53. The van der Waals surface area contributed by atoms with Gasteiger partial charge < -0.3 is 15.4 Å². The van der Waals surface area contributed by atoms with E-state index in [1.54, 1.807) is 11.9 Å². The van der Waals surface area contributed by atoms with E-state index >= 15 is 0 Å². The van der Waals surface area contributed by atoms with E-state index in [0.717, 1.165) is 5.69 Å². The van der Waals surface area contributed by atoms with Crippen molar-refractivity contribution in [3.8, 4) is 0 Å². The summed E-state index contributed by atoms with van der Waals surface area (Å²) in [6.07, 6.45) is 0.610. The Kier molecular flexibility index (Phi) is 6.48. The fourth-order valence-corrected chi connectivity index (χ4v) is 3.30. The van der Waals surface area contributed by atoms with Crippen molar-refractivity contribution in [1.29, 1.82) is 0 Å². The lowest BCUT2D eigenvalue weighted by atomic mass is 9.54. The second-order valence-corrected chi connectivity index (χ2v) is 7.45. The Hall–Kier alpha value is -1.10. The quantitative estimate of drug-likeness (QED) is 0.876. The van der Waals surface area contributed by atoms with Gasteiger partial charge in [-0.2, -0.15) is 0 Å². The summed E-state index contributed by atoms with van der Waals surface area (Å²) in [7, 11) is 1.80. The van der Waals surface area contributed by atoms with Crippen LogP contribution in [-0.4, -0.2) is 31.2 Å². The highest BCUT2D eigenvalue weighted by atomic mass is 35.5. The third-order valence-electron chi connectivity index (χ3n) is 5.46. The number of rotatable bonds is 5. The first-order valence-electron chi connectivity index (χ1n) is 8.43. The molecule has 0 spiro atoms. The molecule has 0 bridgehead atoms. The fourth-order valence-electron chi connectivity index (χ4n) is 3.30. The Morgan fingerprint density at radius 2 is 1.88 bits per heavy atom. The predicted molar refractivity (Wildman–Crippen MR) is 102 cm³/mol. The molecule has 1 aromatic carbocycles. The predicted octanol–water partition coefficient (Wildman–Crippen LogP) is 3.73. The Morgan fingerprint density at radius 1 is 1.33 bits per heavy atom. The van der Waals surface area contributed by atoms with E-state index in [2.05, 4.69) is 26.0 Å². The van der Waals surface area contributed by atoms with Crippen molar-refractivity contribution < 1.29 is 9.53 Å². The topological polar surface area (TPSA) is 55.6 Å². The number of carbonyl (C=O) groups excluding carboxylic acids is 1. The van der Waals surface area contributed by atoms with Crippen LogP contribution in [0.3, 0.4) is 0 Å². The van der Waals surface area contributed by atoms with Gasteiger partial charge in [-0.25, -0.2) is 0 Å². The SMILES string of the molecule is CCOC1CC(N)(C(=O)N(C)c2ccc(C(C)C)cc2)C1(C)C.Cl. The lowest BCUT2D eigenvalue weighted by Gasteiger charge is -2.58. The number of benzene rings is 1. The molecule has 1 aliphatic rings. The summed E-state index contributed by atoms with van der Waals surface area (Å²) in [5.74, 6) is 0.430. The van der Waals surface area contributed by atoms with E-state index in [1.165, 1.54) is 5.56 Å². The van der Waals surface area contributed by atoms with Crippen LogP contribution in [0, 0.1) is 5.41 Å². The molecule has 1 saturated carbocycles. The first kappa shape index (κ1) is 20.9. The zero-order valence-corrected chi connectivity index (χ0v) is 16.4. The zero-order valence-electron chi connectivity index (χ0n) is 15.6. The van der Waals surface area contributed by atoms with Crippen LogP contribution in [0.5, 0.6) is 0 Å². The Bertz CT molecular complexity index is 571. The molecule has 136 valence electrons. The molecule has 1 amide bonds. The van der Waals surface area contributed by atoms with Gasteiger partial charge >= 0.3 is 0 Å². The fraction of sp³-hybridized carbons (Fsp3) is 0.632. The molecule has 2 rings (SSSR count).